The maximum absolute atomic E-state index is 13.5. The Kier molecular flexibility index (Phi) is 4.45. The molecule has 1 saturated heterocycles. The number of fused-ring (bicyclic) bond motifs is 4. The Morgan fingerprint density at radius 3 is 2.62 bits per heavy atom. The fourth-order valence-corrected chi connectivity index (χ4v) is 5.16. The molecule has 6 nitrogen and oxygen atoms in total. The van der Waals surface area contributed by atoms with Gasteiger partial charge in [-0.1, -0.05) is 48.5 Å². The lowest BCUT2D eigenvalue weighted by Crippen LogP contribution is -2.46. The lowest BCUT2D eigenvalue weighted by molar-refractivity contribution is -0.123. The van der Waals surface area contributed by atoms with Gasteiger partial charge in [0.2, 0.25) is 11.9 Å². The Bertz CT molecular complexity index is 1350. The maximum atomic E-state index is 13.5. The predicted molar refractivity (Wildman–Crippen MR) is 125 cm³/mol. The number of hydrogen-bond acceptors (Lipinski definition) is 3. The molecule has 0 aliphatic carbocycles. The number of hydrogen-bond donors (Lipinski definition) is 0. The second-order valence-corrected chi connectivity index (χ2v) is 8.66. The Morgan fingerprint density at radius 2 is 1.69 bits per heavy atom. The average molecular weight is 425 g/mol. The summed E-state index contributed by atoms with van der Waals surface area (Å²) >= 11 is 0. The third-order valence-corrected chi connectivity index (χ3v) is 6.77. The molecule has 1 unspecified atom stereocenters. The zero-order valence-electron chi connectivity index (χ0n) is 17.8. The summed E-state index contributed by atoms with van der Waals surface area (Å²) in [7, 11) is 0. The van der Waals surface area contributed by atoms with Crippen LogP contribution in [0, 0.1) is 5.92 Å². The van der Waals surface area contributed by atoms with Gasteiger partial charge in [-0.15, -0.1) is 0 Å². The summed E-state index contributed by atoms with van der Waals surface area (Å²) in [5.41, 5.74) is 2.68. The van der Waals surface area contributed by atoms with Crippen LogP contribution in [0.4, 0.5) is 5.95 Å². The van der Waals surface area contributed by atoms with Gasteiger partial charge in [0.25, 0.3) is 5.91 Å². The zero-order valence-corrected chi connectivity index (χ0v) is 17.8. The normalized spacial score (nSPS) is 18.3. The molecule has 160 valence electrons. The molecule has 1 atom stereocenters. The van der Waals surface area contributed by atoms with E-state index in [-0.39, 0.29) is 17.7 Å². The molecule has 0 spiro atoms. The highest BCUT2D eigenvalue weighted by Gasteiger charge is 2.36. The van der Waals surface area contributed by atoms with Crippen LogP contribution in [0.1, 0.15) is 23.2 Å². The highest BCUT2D eigenvalue weighted by molar-refractivity contribution is 6.07. The Balaban J connectivity index is 1.25. The van der Waals surface area contributed by atoms with Gasteiger partial charge in [0, 0.05) is 31.7 Å². The topological polar surface area (TPSA) is 58.4 Å². The highest BCUT2D eigenvalue weighted by atomic mass is 16.2. The van der Waals surface area contributed by atoms with Gasteiger partial charge >= 0.3 is 0 Å². The number of amides is 2. The van der Waals surface area contributed by atoms with Crippen LogP contribution < -0.4 is 4.90 Å². The molecule has 1 aromatic heterocycles. The fraction of sp³-hybridized carbons (Fsp3) is 0.269. The Morgan fingerprint density at radius 1 is 0.875 bits per heavy atom. The van der Waals surface area contributed by atoms with Gasteiger partial charge in [0.1, 0.15) is 0 Å². The lowest BCUT2D eigenvalue weighted by Gasteiger charge is -2.33. The molecule has 32 heavy (non-hydrogen) atoms. The molecule has 3 aromatic carbocycles. The van der Waals surface area contributed by atoms with E-state index >= 15 is 0 Å². The molecule has 3 heterocycles. The van der Waals surface area contributed by atoms with Crippen molar-refractivity contribution in [3.63, 3.8) is 0 Å². The van der Waals surface area contributed by atoms with Crippen molar-refractivity contribution >= 4 is 39.6 Å². The molecular formula is C26H24N4O2. The molecule has 6 heteroatoms. The first-order chi connectivity index (χ1) is 15.7. The Labute approximate surface area is 186 Å². The first kappa shape index (κ1) is 19.0. The van der Waals surface area contributed by atoms with Gasteiger partial charge in [0.15, 0.2) is 0 Å². The molecular weight excluding hydrogens is 400 g/mol. The van der Waals surface area contributed by atoms with E-state index in [1.54, 1.807) is 0 Å². The summed E-state index contributed by atoms with van der Waals surface area (Å²) < 4.78 is 2.12. The van der Waals surface area contributed by atoms with Crippen LogP contribution in [-0.4, -0.2) is 45.9 Å². The van der Waals surface area contributed by atoms with Crippen molar-refractivity contribution in [1.82, 2.24) is 14.5 Å². The minimum absolute atomic E-state index is 0.00737. The SMILES string of the molecule is O=C(c1cccc2ccccc12)N1CCCC(C(=O)N2CCn3c2nc2ccccc23)C1. The van der Waals surface area contributed by atoms with Crippen LogP contribution >= 0.6 is 0 Å². The number of rotatable bonds is 2. The number of carbonyl (C=O) groups is 2. The summed E-state index contributed by atoms with van der Waals surface area (Å²) in [5, 5.41) is 2.01. The molecule has 1 fully saturated rings. The van der Waals surface area contributed by atoms with E-state index in [9.17, 15) is 9.59 Å². The van der Waals surface area contributed by atoms with Crippen molar-refractivity contribution in [3.05, 3.63) is 72.3 Å². The van der Waals surface area contributed by atoms with Crippen molar-refractivity contribution in [2.75, 3.05) is 24.5 Å². The second-order valence-electron chi connectivity index (χ2n) is 8.66. The van der Waals surface area contributed by atoms with Gasteiger partial charge in [0.05, 0.1) is 17.0 Å². The molecule has 2 amide bonds. The van der Waals surface area contributed by atoms with Gasteiger partial charge < -0.3 is 9.47 Å². The van der Waals surface area contributed by atoms with Gasteiger partial charge in [-0.3, -0.25) is 14.5 Å². The molecule has 2 aliphatic rings. The number of para-hydroxylation sites is 2. The van der Waals surface area contributed by atoms with E-state index in [0.717, 1.165) is 47.1 Å². The van der Waals surface area contributed by atoms with Crippen LogP contribution in [0.25, 0.3) is 21.8 Å². The minimum atomic E-state index is -0.200. The fourth-order valence-electron chi connectivity index (χ4n) is 5.16. The summed E-state index contributed by atoms with van der Waals surface area (Å²) in [6.45, 7) is 2.54. The highest BCUT2D eigenvalue weighted by Crippen LogP contribution is 2.30. The second kappa shape index (κ2) is 7.48. The third-order valence-electron chi connectivity index (χ3n) is 6.77. The molecule has 4 aromatic rings. The largest absolute Gasteiger partial charge is 0.338 e. The number of nitrogens with zero attached hydrogens (tertiary/aromatic N) is 4. The van der Waals surface area contributed by atoms with E-state index in [0.29, 0.717) is 25.2 Å². The number of likely N-dealkylation sites (tertiary alicyclic amines) is 1. The zero-order chi connectivity index (χ0) is 21.7. The van der Waals surface area contributed by atoms with Gasteiger partial charge in [-0.25, -0.2) is 4.98 Å². The van der Waals surface area contributed by atoms with E-state index in [1.165, 1.54) is 0 Å². The molecule has 2 aliphatic heterocycles. The van der Waals surface area contributed by atoms with Crippen LogP contribution in [-0.2, 0) is 11.3 Å². The first-order valence-electron chi connectivity index (χ1n) is 11.2. The van der Waals surface area contributed by atoms with Crippen molar-refractivity contribution < 1.29 is 9.59 Å². The van der Waals surface area contributed by atoms with Crippen LogP contribution in [0.3, 0.4) is 0 Å². The number of imidazole rings is 1. The van der Waals surface area contributed by atoms with Gasteiger partial charge in [-0.2, -0.15) is 0 Å². The van der Waals surface area contributed by atoms with Crippen molar-refractivity contribution in [2.45, 2.75) is 19.4 Å². The minimum Gasteiger partial charge on any atom is -0.338 e. The number of carbonyl (C=O) groups excluding carboxylic acids is 2. The molecule has 6 rings (SSSR count). The van der Waals surface area contributed by atoms with Crippen molar-refractivity contribution in [3.8, 4) is 0 Å². The summed E-state index contributed by atoms with van der Waals surface area (Å²) in [6, 6.07) is 21.8. The average Bonchev–Trinajstić information content (AvgIpc) is 3.42. The Hall–Kier alpha value is -3.67. The monoisotopic (exact) mass is 424 g/mol. The number of piperidine rings is 1. The predicted octanol–water partition coefficient (Wildman–Crippen LogP) is 4.09. The van der Waals surface area contributed by atoms with Gasteiger partial charge in [-0.05, 0) is 41.8 Å². The first-order valence-corrected chi connectivity index (χ1v) is 11.2. The quantitative estimate of drug-likeness (QED) is 0.487. The van der Waals surface area contributed by atoms with E-state index in [1.807, 2.05) is 76.5 Å². The van der Waals surface area contributed by atoms with Crippen LogP contribution in [0.5, 0.6) is 0 Å². The third kappa shape index (κ3) is 2.98. The molecule has 0 bridgehead atoms. The number of benzene rings is 3. The summed E-state index contributed by atoms with van der Waals surface area (Å²) in [6.07, 6.45) is 1.63. The summed E-state index contributed by atoms with van der Waals surface area (Å²) in [5.74, 6) is 0.616. The van der Waals surface area contributed by atoms with Crippen molar-refractivity contribution in [1.29, 1.82) is 0 Å². The summed E-state index contributed by atoms with van der Waals surface area (Å²) in [4.78, 5) is 35.3. The smallest absolute Gasteiger partial charge is 0.254 e. The van der Waals surface area contributed by atoms with Crippen LogP contribution in [0.15, 0.2) is 66.7 Å². The van der Waals surface area contributed by atoms with E-state index < -0.39 is 0 Å². The number of anilines is 1. The number of aromatic nitrogens is 2. The maximum Gasteiger partial charge on any atom is 0.254 e. The standard InChI is InChI=1S/C26H24N4O2/c31-24(30-16-15-29-23-13-4-3-12-22(23)27-26(29)30)19-9-6-14-28(17-19)25(32)21-11-5-8-18-7-1-2-10-20(18)21/h1-5,7-8,10-13,19H,6,9,14-17H2. The molecule has 0 N–H and O–H groups in total. The van der Waals surface area contributed by atoms with Crippen LogP contribution in [0.2, 0.25) is 0 Å². The van der Waals surface area contributed by atoms with E-state index in [2.05, 4.69) is 4.57 Å². The lowest BCUT2D eigenvalue weighted by atomic mass is 9.95. The van der Waals surface area contributed by atoms with E-state index in [4.69, 9.17) is 4.98 Å². The molecule has 0 radical (unpaired) electrons. The molecule has 0 saturated carbocycles. The van der Waals surface area contributed by atoms with Crippen molar-refractivity contribution in [2.24, 2.45) is 5.92 Å².